The van der Waals surface area contributed by atoms with E-state index < -0.39 is 0 Å². The fourth-order valence-electron chi connectivity index (χ4n) is 2.66. The zero-order chi connectivity index (χ0) is 15.2. The van der Waals surface area contributed by atoms with Gasteiger partial charge in [0, 0.05) is 25.4 Å². The lowest BCUT2D eigenvalue weighted by atomic mass is 9.97. The van der Waals surface area contributed by atoms with Crippen molar-refractivity contribution in [3.8, 4) is 11.1 Å². The molecular formula is C18H27N3. The first-order valence-electron chi connectivity index (χ1n) is 7.98. The molecule has 0 saturated carbocycles. The van der Waals surface area contributed by atoms with Crippen LogP contribution in [0.25, 0.3) is 11.1 Å². The highest BCUT2D eigenvalue weighted by atomic mass is 15.2. The molecule has 0 aliphatic carbocycles. The Balaban J connectivity index is 2.31. The minimum absolute atomic E-state index is 0.935. The highest BCUT2D eigenvalue weighted by Gasteiger charge is 2.12. The quantitative estimate of drug-likeness (QED) is 0.783. The van der Waals surface area contributed by atoms with Gasteiger partial charge in [-0.15, -0.1) is 0 Å². The average Bonchev–Trinajstić information content (AvgIpc) is 2.82. The Labute approximate surface area is 128 Å². The minimum atomic E-state index is 0.935. The van der Waals surface area contributed by atoms with Gasteiger partial charge in [0.05, 0.1) is 5.69 Å². The van der Waals surface area contributed by atoms with E-state index in [0.717, 1.165) is 25.9 Å². The molecule has 1 aromatic heterocycles. The highest BCUT2D eigenvalue weighted by Crippen LogP contribution is 2.28. The number of rotatable bonds is 7. The van der Waals surface area contributed by atoms with Crippen LogP contribution in [0.3, 0.4) is 0 Å². The van der Waals surface area contributed by atoms with E-state index in [1.807, 2.05) is 11.7 Å². The highest BCUT2D eigenvalue weighted by molar-refractivity contribution is 5.69. The molecule has 114 valence electrons. The van der Waals surface area contributed by atoms with Gasteiger partial charge in [-0.25, -0.2) is 0 Å². The Kier molecular flexibility index (Phi) is 5.57. The summed E-state index contributed by atoms with van der Waals surface area (Å²) in [5.41, 5.74) is 6.48. The number of hydrogen-bond donors (Lipinski definition) is 1. The number of aryl methyl sites for hydroxylation is 3. The molecule has 3 heteroatoms. The summed E-state index contributed by atoms with van der Waals surface area (Å²) in [4.78, 5) is 0. The van der Waals surface area contributed by atoms with Crippen LogP contribution in [-0.4, -0.2) is 16.3 Å². The Morgan fingerprint density at radius 2 is 1.95 bits per heavy atom. The van der Waals surface area contributed by atoms with Crippen LogP contribution in [0.4, 0.5) is 0 Å². The maximum Gasteiger partial charge on any atom is 0.0702 e. The summed E-state index contributed by atoms with van der Waals surface area (Å²) in [7, 11) is 2.00. The van der Waals surface area contributed by atoms with Crippen molar-refractivity contribution in [1.29, 1.82) is 0 Å². The predicted octanol–water partition coefficient (Wildman–Crippen LogP) is 3.85. The first-order valence-corrected chi connectivity index (χ1v) is 7.98. The van der Waals surface area contributed by atoms with Gasteiger partial charge in [-0.05, 0) is 49.1 Å². The molecular weight excluding hydrogens is 258 g/mol. The topological polar surface area (TPSA) is 29.9 Å². The van der Waals surface area contributed by atoms with Crippen LogP contribution in [0, 0.1) is 6.92 Å². The Hall–Kier alpha value is -1.61. The minimum Gasteiger partial charge on any atom is -0.313 e. The predicted molar refractivity (Wildman–Crippen MR) is 89.4 cm³/mol. The summed E-state index contributed by atoms with van der Waals surface area (Å²) in [6.07, 6.45) is 5.48. The van der Waals surface area contributed by atoms with Gasteiger partial charge in [0.2, 0.25) is 0 Å². The van der Waals surface area contributed by atoms with Crippen molar-refractivity contribution in [2.24, 2.45) is 7.05 Å². The van der Waals surface area contributed by atoms with E-state index in [9.17, 15) is 0 Å². The van der Waals surface area contributed by atoms with Crippen molar-refractivity contribution in [2.45, 2.75) is 46.6 Å². The molecule has 2 aromatic rings. The van der Waals surface area contributed by atoms with Crippen LogP contribution < -0.4 is 5.32 Å². The van der Waals surface area contributed by atoms with Crippen molar-refractivity contribution < 1.29 is 0 Å². The summed E-state index contributed by atoms with van der Waals surface area (Å²) in [6, 6.07) is 6.76. The molecule has 1 N–H and O–H groups in total. The van der Waals surface area contributed by atoms with Crippen molar-refractivity contribution in [2.75, 3.05) is 6.54 Å². The van der Waals surface area contributed by atoms with Gasteiger partial charge in [-0.3, -0.25) is 4.68 Å². The van der Waals surface area contributed by atoms with Crippen molar-refractivity contribution in [1.82, 2.24) is 15.1 Å². The van der Waals surface area contributed by atoms with E-state index in [4.69, 9.17) is 0 Å². The van der Waals surface area contributed by atoms with Crippen LogP contribution in [-0.2, 0) is 20.0 Å². The largest absolute Gasteiger partial charge is 0.313 e. The van der Waals surface area contributed by atoms with Crippen LogP contribution in [0.5, 0.6) is 0 Å². The van der Waals surface area contributed by atoms with Crippen LogP contribution >= 0.6 is 0 Å². The lowest BCUT2D eigenvalue weighted by Crippen LogP contribution is -2.13. The van der Waals surface area contributed by atoms with E-state index in [-0.39, 0.29) is 0 Å². The van der Waals surface area contributed by atoms with E-state index >= 15 is 0 Å². The van der Waals surface area contributed by atoms with E-state index in [1.54, 1.807) is 0 Å². The summed E-state index contributed by atoms with van der Waals surface area (Å²) < 4.78 is 1.93. The van der Waals surface area contributed by atoms with E-state index in [0.29, 0.717) is 0 Å². The average molecular weight is 285 g/mol. The van der Waals surface area contributed by atoms with Gasteiger partial charge in [0.25, 0.3) is 0 Å². The van der Waals surface area contributed by atoms with Crippen molar-refractivity contribution in [3.63, 3.8) is 0 Å². The Morgan fingerprint density at radius 1 is 1.14 bits per heavy atom. The third kappa shape index (κ3) is 3.94. The lowest BCUT2D eigenvalue weighted by Gasteiger charge is -2.10. The van der Waals surface area contributed by atoms with Crippen molar-refractivity contribution in [3.05, 3.63) is 41.2 Å². The molecule has 0 aliphatic rings. The zero-order valence-corrected chi connectivity index (χ0v) is 13.7. The van der Waals surface area contributed by atoms with Gasteiger partial charge >= 0.3 is 0 Å². The molecule has 1 aromatic carbocycles. The lowest BCUT2D eigenvalue weighted by molar-refractivity contribution is 0.675. The smallest absolute Gasteiger partial charge is 0.0702 e. The SMILES string of the molecule is CCCNCc1ccc(C)c(-c2cn(C)nc2CCC)c1. The molecule has 0 atom stereocenters. The first-order chi connectivity index (χ1) is 10.2. The summed E-state index contributed by atoms with van der Waals surface area (Å²) in [5.74, 6) is 0. The van der Waals surface area contributed by atoms with Gasteiger partial charge in [0.1, 0.15) is 0 Å². The van der Waals surface area contributed by atoms with E-state index in [1.165, 1.54) is 34.4 Å². The maximum atomic E-state index is 4.62. The van der Waals surface area contributed by atoms with E-state index in [2.05, 4.69) is 55.6 Å². The molecule has 2 rings (SSSR count). The van der Waals surface area contributed by atoms with Gasteiger partial charge in [-0.1, -0.05) is 32.4 Å². The fourth-order valence-corrected chi connectivity index (χ4v) is 2.66. The third-order valence-electron chi connectivity index (χ3n) is 3.74. The molecule has 21 heavy (non-hydrogen) atoms. The fraction of sp³-hybridized carbons (Fsp3) is 0.500. The van der Waals surface area contributed by atoms with Crippen LogP contribution in [0.2, 0.25) is 0 Å². The number of nitrogens with zero attached hydrogens (tertiary/aromatic N) is 2. The second kappa shape index (κ2) is 7.41. The van der Waals surface area contributed by atoms with Gasteiger partial charge < -0.3 is 5.32 Å². The standard InChI is InChI=1S/C18H27N3/c1-5-7-18-17(13-21(4)20-18)16-11-15(9-8-14(16)3)12-19-10-6-2/h8-9,11,13,19H,5-7,10,12H2,1-4H3. The third-order valence-corrected chi connectivity index (χ3v) is 3.74. The second-order valence-electron chi connectivity index (χ2n) is 5.74. The molecule has 0 fully saturated rings. The molecule has 0 aliphatic heterocycles. The number of hydrogen-bond acceptors (Lipinski definition) is 2. The molecule has 1 heterocycles. The molecule has 0 amide bonds. The van der Waals surface area contributed by atoms with Crippen LogP contribution in [0.15, 0.2) is 24.4 Å². The number of nitrogens with one attached hydrogen (secondary N) is 1. The summed E-state index contributed by atoms with van der Waals surface area (Å²) >= 11 is 0. The normalized spacial score (nSPS) is 11.0. The van der Waals surface area contributed by atoms with Gasteiger partial charge in [0.15, 0.2) is 0 Å². The molecule has 0 bridgehead atoms. The molecule has 0 spiro atoms. The molecule has 0 radical (unpaired) electrons. The van der Waals surface area contributed by atoms with Crippen LogP contribution in [0.1, 0.15) is 43.5 Å². The van der Waals surface area contributed by atoms with Gasteiger partial charge in [-0.2, -0.15) is 5.10 Å². The molecule has 3 nitrogen and oxygen atoms in total. The Bertz CT molecular complexity index is 584. The monoisotopic (exact) mass is 285 g/mol. The Morgan fingerprint density at radius 3 is 2.67 bits per heavy atom. The summed E-state index contributed by atoms with van der Waals surface area (Å²) in [5, 5.41) is 8.10. The molecule has 0 saturated heterocycles. The zero-order valence-electron chi connectivity index (χ0n) is 13.7. The number of aromatic nitrogens is 2. The molecule has 0 unspecified atom stereocenters. The summed E-state index contributed by atoms with van der Waals surface area (Å²) in [6.45, 7) is 8.58. The first kappa shape index (κ1) is 15.8. The number of benzene rings is 1. The second-order valence-corrected chi connectivity index (χ2v) is 5.74. The van der Waals surface area contributed by atoms with Crippen molar-refractivity contribution >= 4 is 0 Å². The maximum absolute atomic E-state index is 4.62.